The van der Waals surface area contributed by atoms with Gasteiger partial charge in [0.05, 0.1) is 31.2 Å². The van der Waals surface area contributed by atoms with Crippen LogP contribution in [0.15, 0.2) is 30.3 Å². The highest BCUT2D eigenvalue weighted by Crippen LogP contribution is 2.05. The number of hydrogen-bond acceptors (Lipinski definition) is 9. The van der Waals surface area contributed by atoms with E-state index in [1.807, 2.05) is 13.8 Å². The van der Waals surface area contributed by atoms with Gasteiger partial charge in [-0.2, -0.15) is 0 Å². The van der Waals surface area contributed by atoms with Gasteiger partial charge in [0.25, 0.3) is 0 Å². The van der Waals surface area contributed by atoms with E-state index < -0.39 is 78.9 Å². The van der Waals surface area contributed by atoms with Crippen molar-refractivity contribution in [2.75, 3.05) is 6.61 Å². The van der Waals surface area contributed by atoms with E-state index in [9.17, 15) is 44.1 Å². The summed E-state index contributed by atoms with van der Waals surface area (Å²) in [4.78, 5) is 73.4. The molecule has 1 aromatic rings. The molecule has 0 radical (unpaired) electrons. The number of rotatable bonds is 17. The van der Waals surface area contributed by atoms with Crippen molar-refractivity contribution in [3.63, 3.8) is 0 Å². The van der Waals surface area contributed by atoms with Gasteiger partial charge in [-0.05, 0) is 31.2 Å². The molecular formula is C26H39N5O9. The van der Waals surface area contributed by atoms with Gasteiger partial charge < -0.3 is 47.1 Å². The predicted octanol–water partition coefficient (Wildman–Crippen LogP) is -2.41. The average Bonchev–Trinajstić information content (AvgIpc) is 2.88. The van der Waals surface area contributed by atoms with Crippen LogP contribution in [0.5, 0.6) is 0 Å². The Labute approximate surface area is 232 Å². The standard InChI is InChI=1S/C26H39N5O9/c1-14(2)9-17(12-32)28-24(38)19(11-21(35)36)29-25(39)20(13-33)30-26(40)22(15(3)34)31-23(37)18(27)10-16-7-5-4-6-8-16/h4-8,12,14-15,17-20,22,33-34H,9-11,13,27H2,1-3H3,(H,28,38)(H,29,39)(H,30,40)(H,31,37)(H,35,36)/t15-,17+,18+,19+,20+,22+/m1/s1. The Bertz CT molecular complexity index is 1020. The van der Waals surface area contributed by atoms with Crippen LogP contribution in [0.1, 0.15) is 39.2 Å². The van der Waals surface area contributed by atoms with Gasteiger partial charge in [0.1, 0.15) is 24.4 Å². The van der Waals surface area contributed by atoms with Crippen LogP contribution in [0.2, 0.25) is 0 Å². The lowest BCUT2D eigenvalue weighted by atomic mass is 10.0. The van der Waals surface area contributed by atoms with Gasteiger partial charge in [-0.25, -0.2) is 0 Å². The molecule has 40 heavy (non-hydrogen) atoms. The van der Waals surface area contributed by atoms with Crippen molar-refractivity contribution >= 4 is 35.9 Å². The topological polar surface area (TPSA) is 237 Å². The Balaban J connectivity index is 2.90. The minimum Gasteiger partial charge on any atom is -0.481 e. The van der Waals surface area contributed by atoms with Gasteiger partial charge in [0, 0.05) is 0 Å². The number of carboxylic acids is 1. The number of aliphatic hydroxyl groups is 2. The van der Waals surface area contributed by atoms with E-state index in [1.165, 1.54) is 6.92 Å². The molecule has 0 spiro atoms. The fourth-order valence-electron chi connectivity index (χ4n) is 3.68. The van der Waals surface area contributed by atoms with E-state index >= 15 is 0 Å². The van der Waals surface area contributed by atoms with Crippen LogP contribution in [0.25, 0.3) is 0 Å². The number of benzene rings is 1. The molecule has 222 valence electrons. The van der Waals surface area contributed by atoms with Crippen molar-refractivity contribution in [1.82, 2.24) is 21.3 Å². The molecule has 1 aromatic carbocycles. The molecule has 0 fully saturated rings. The molecule has 0 aliphatic rings. The first kappa shape index (κ1) is 34.1. The Morgan fingerprint density at radius 2 is 1.45 bits per heavy atom. The highest BCUT2D eigenvalue weighted by Gasteiger charge is 2.33. The van der Waals surface area contributed by atoms with Crippen molar-refractivity contribution in [2.45, 2.75) is 76.3 Å². The van der Waals surface area contributed by atoms with Crippen LogP contribution >= 0.6 is 0 Å². The van der Waals surface area contributed by atoms with Crippen LogP contribution in [0, 0.1) is 5.92 Å². The van der Waals surface area contributed by atoms with Crippen molar-refractivity contribution in [3.05, 3.63) is 35.9 Å². The highest BCUT2D eigenvalue weighted by atomic mass is 16.4. The zero-order valence-electron chi connectivity index (χ0n) is 22.7. The van der Waals surface area contributed by atoms with Gasteiger partial charge in [0.2, 0.25) is 23.6 Å². The van der Waals surface area contributed by atoms with E-state index in [-0.39, 0.29) is 18.8 Å². The predicted molar refractivity (Wildman–Crippen MR) is 142 cm³/mol. The third kappa shape index (κ3) is 11.9. The summed E-state index contributed by atoms with van der Waals surface area (Å²) in [7, 11) is 0. The Hall–Kier alpha value is -3.88. The zero-order chi connectivity index (χ0) is 30.4. The minimum absolute atomic E-state index is 0.0345. The molecule has 4 amide bonds. The summed E-state index contributed by atoms with van der Waals surface area (Å²) >= 11 is 0. The Morgan fingerprint density at radius 1 is 0.875 bits per heavy atom. The van der Waals surface area contributed by atoms with E-state index in [4.69, 9.17) is 5.73 Å². The average molecular weight is 566 g/mol. The second-order valence-electron chi connectivity index (χ2n) is 9.81. The fraction of sp³-hybridized carbons (Fsp3) is 0.538. The van der Waals surface area contributed by atoms with Gasteiger partial charge >= 0.3 is 5.97 Å². The SMILES string of the molecule is CC(C)C[C@@H](C=O)NC(=O)[C@H](CC(=O)O)NC(=O)[C@H](CO)NC(=O)[C@@H](NC(=O)[C@@H](N)Cc1ccccc1)[C@@H](C)O. The van der Waals surface area contributed by atoms with Crippen LogP contribution in [0.3, 0.4) is 0 Å². The summed E-state index contributed by atoms with van der Waals surface area (Å²) in [5.41, 5.74) is 6.70. The Morgan fingerprint density at radius 3 is 1.95 bits per heavy atom. The van der Waals surface area contributed by atoms with Gasteiger partial charge in [-0.15, -0.1) is 0 Å². The first-order chi connectivity index (χ1) is 18.8. The van der Waals surface area contributed by atoms with E-state index in [2.05, 4.69) is 21.3 Å². The molecule has 14 nitrogen and oxygen atoms in total. The second-order valence-corrected chi connectivity index (χ2v) is 9.81. The monoisotopic (exact) mass is 565 g/mol. The first-order valence-corrected chi connectivity index (χ1v) is 12.8. The quantitative estimate of drug-likeness (QED) is 0.0931. The summed E-state index contributed by atoms with van der Waals surface area (Å²) in [5, 5.41) is 38.0. The fourth-order valence-corrected chi connectivity index (χ4v) is 3.68. The molecule has 1 rings (SSSR count). The molecular weight excluding hydrogens is 526 g/mol. The number of carboxylic acid groups (broad SMARTS) is 1. The molecule has 0 unspecified atom stereocenters. The molecule has 6 atom stereocenters. The molecule has 14 heteroatoms. The van der Waals surface area contributed by atoms with Gasteiger partial charge in [-0.3, -0.25) is 24.0 Å². The number of carbonyl (C=O) groups excluding carboxylic acids is 5. The maximum Gasteiger partial charge on any atom is 0.305 e. The summed E-state index contributed by atoms with van der Waals surface area (Å²) in [6.45, 7) is 3.88. The summed E-state index contributed by atoms with van der Waals surface area (Å²) < 4.78 is 0. The third-order valence-electron chi connectivity index (χ3n) is 5.74. The molecule has 0 heterocycles. The molecule has 0 aromatic heterocycles. The molecule has 0 aliphatic heterocycles. The van der Waals surface area contributed by atoms with Crippen molar-refractivity contribution in [3.8, 4) is 0 Å². The van der Waals surface area contributed by atoms with E-state index in [1.54, 1.807) is 30.3 Å². The number of nitrogens with one attached hydrogen (secondary N) is 4. The summed E-state index contributed by atoms with van der Waals surface area (Å²) in [6.07, 6.45) is -1.35. The van der Waals surface area contributed by atoms with Crippen LogP contribution in [-0.4, -0.2) is 94.1 Å². The lowest BCUT2D eigenvalue weighted by molar-refractivity contribution is -0.141. The number of amides is 4. The van der Waals surface area contributed by atoms with E-state index in [0.717, 1.165) is 5.56 Å². The highest BCUT2D eigenvalue weighted by molar-refractivity contribution is 5.96. The van der Waals surface area contributed by atoms with Gasteiger partial charge in [-0.1, -0.05) is 44.2 Å². The minimum atomic E-state index is -1.68. The number of hydrogen-bond donors (Lipinski definition) is 8. The van der Waals surface area contributed by atoms with Crippen molar-refractivity contribution in [1.29, 1.82) is 0 Å². The second kappa shape index (κ2) is 16.9. The summed E-state index contributed by atoms with van der Waals surface area (Å²) in [6, 6.07) is 2.01. The lowest BCUT2D eigenvalue weighted by Crippen LogP contribution is -2.61. The summed E-state index contributed by atoms with van der Waals surface area (Å²) in [5.74, 6) is -5.24. The first-order valence-electron chi connectivity index (χ1n) is 12.8. The van der Waals surface area contributed by atoms with Crippen molar-refractivity contribution in [2.24, 2.45) is 11.7 Å². The number of aldehydes is 1. The number of aliphatic carboxylic acids is 1. The van der Waals surface area contributed by atoms with Crippen LogP contribution < -0.4 is 27.0 Å². The number of carbonyl (C=O) groups is 6. The lowest BCUT2D eigenvalue weighted by Gasteiger charge is -2.26. The molecule has 0 aliphatic carbocycles. The Kier molecular flexibility index (Phi) is 14.5. The molecule has 0 saturated carbocycles. The third-order valence-corrected chi connectivity index (χ3v) is 5.74. The van der Waals surface area contributed by atoms with E-state index in [0.29, 0.717) is 6.29 Å². The maximum atomic E-state index is 12.8. The van der Waals surface area contributed by atoms with Crippen LogP contribution in [-0.2, 0) is 35.2 Å². The van der Waals surface area contributed by atoms with Gasteiger partial charge in [0.15, 0.2) is 0 Å². The number of nitrogens with two attached hydrogens (primary N) is 1. The number of aliphatic hydroxyl groups excluding tert-OH is 2. The largest absolute Gasteiger partial charge is 0.481 e. The molecule has 0 saturated heterocycles. The van der Waals surface area contributed by atoms with Crippen molar-refractivity contribution < 1.29 is 44.1 Å². The maximum absolute atomic E-state index is 12.8. The normalized spacial score (nSPS) is 15.5. The molecule has 9 N–H and O–H groups in total. The van der Waals surface area contributed by atoms with Crippen LogP contribution in [0.4, 0.5) is 0 Å². The molecule has 0 bridgehead atoms. The zero-order valence-corrected chi connectivity index (χ0v) is 22.7. The smallest absolute Gasteiger partial charge is 0.305 e.